The number of primary amides is 1. The van der Waals surface area contributed by atoms with Crippen molar-refractivity contribution in [1.82, 2.24) is 30.8 Å². The second kappa shape index (κ2) is 22.7. The molecule has 386 valence electrons. The molecule has 2 aromatic heterocycles. The number of halogens is 1. The topological polar surface area (TPSA) is 262 Å². The number of ether oxygens (including phenoxy) is 2. The maximum atomic E-state index is 15.4. The minimum atomic E-state index is -2.03. The van der Waals surface area contributed by atoms with Gasteiger partial charge >= 0.3 is 18.1 Å². The van der Waals surface area contributed by atoms with E-state index >= 15 is 4.39 Å². The summed E-state index contributed by atoms with van der Waals surface area (Å²) in [5, 5.41) is 26.0. The molecule has 19 heteroatoms. The summed E-state index contributed by atoms with van der Waals surface area (Å²) < 4.78 is 27.8. The number of urea groups is 1. The average molecular weight is 995 g/mol. The van der Waals surface area contributed by atoms with Gasteiger partial charge < -0.3 is 51.5 Å². The summed E-state index contributed by atoms with van der Waals surface area (Å²) in [4.78, 5) is 96.8. The number of fused-ring (bicyclic) bond motifs is 5. The third-order valence-corrected chi connectivity index (χ3v) is 14.1. The number of hydrogen-bond donors (Lipinski definition) is 7. The lowest BCUT2D eigenvalue weighted by molar-refractivity contribution is -0.172. The molecule has 6 amide bonds. The van der Waals surface area contributed by atoms with Crippen LogP contribution < -0.4 is 37.9 Å². The van der Waals surface area contributed by atoms with E-state index < -0.39 is 65.0 Å². The van der Waals surface area contributed by atoms with Crippen LogP contribution in [-0.4, -0.2) is 69.1 Å². The third-order valence-electron chi connectivity index (χ3n) is 14.1. The van der Waals surface area contributed by atoms with Crippen LogP contribution in [0.2, 0.25) is 0 Å². The minimum absolute atomic E-state index is 0.0307. The second-order valence-electron chi connectivity index (χ2n) is 19.9. The van der Waals surface area contributed by atoms with E-state index in [0.717, 1.165) is 31.2 Å². The molecule has 72 heavy (non-hydrogen) atoms. The van der Waals surface area contributed by atoms with Crippen LogP contribution in [0, 0.1) is 24.6 Å². The minimum Gasteiger partial charge on any atom is -0.458 e. The van der Waals surface area contributed by atoms with Crippen molar-refractivity contribution in [3.63, 3.8) is 0 Å². The van der Waals surface area contributed by atoms with Crippen LogP contribution in [-0.2, 0) is 60.4 Å². The first-order chi connectivity index (χ1) is 34.3. The predicted molar refractivity (Wildman–Crippen MR) is 267 cm³/mol. The number of esters is 1. The van der Waals surface area contributed by atoms with E-state index in [-0.39, 0.29) is 62.1 Å². The summed E-state index contributed by atoms with van der Waals surface area (Å²) in [6.45, 7) is 11.1. The molecule has 1 aliphatic carbocycles. The van der Waals surface area contributed by atoms with Gasteiger partial charge in [0, 0.05) is 41.2 Å². The Balaban J connectivity index is 1.01. The molecule has 0 radical (unpaired) electrons. The fourth-order valence-corrected chi connectivity index (χ4v) is 9.97. The molecular formula is C53H67FN8O10. The molecule has 8 N–H and O–H groups in total. The smallest absolute Gasteiger partial charge is 0.407 e. The van der Waals surface area contributed by atoms with Crippen LogP contribution in [0.1, 0.15) is 144 Å². The second-order valence-corrected chi connectivity index (χ2v) is 19.9. The summed E-state index contributed by atoms with van der Waals surface area (Å²) in [5.41, 5.74) is 7.66. The molecule has 0 fully saturated rings. The van der Waals surface area contributed by atoms with E-state index in [1.807, 2.05) is 13.8 Å². The Morgan fingerprint density at radius 3 is 2.39 bits per heavy atom. The number of alkyl carbamates (subject to hydrolysis) is 1. The number of unbranched alkanes of at least 4 members (excludes halogenated alkanes) is 3. The van der Waals surface area contributed by atoms with Crippen molar-refractivity contribution in [2.45, 2.75) is 156 Å². The van der Waals surface area contributed by atoms with Crippen molar-refractivity contribution in [2.75, 3.05) is 11.9 Å². The van der Waals surface area contributed by atoms with Gasteiger partial charge in [-0.2, -0.15) is 0 Å². The Kier molecular flexibility index (Phi) is 16.7. The van der Waals surface area contributed by atoms with Crippen LogP contribution in [0.4, 0.5) is 19.7 Å². The van der Waals surface area contributed by atoms with Crippen LogP contribution in [0.15, 0.2) is 41.2 Å². The van der Waals surface area contributed by atoms with Crippen molar-refractivity contribution < 1.29 is 47.7 Å². The maximum Gasteiger partial charge on any atom is 0.407 e. The summed E-state index contributed by atoms with van der Waals surface area (Å²) in [7, 11) is 0. The van der Waals surface area contributed by atoms with Gasteiger partial charge in [-0.3, -0.25) is 19.2 Å². The molecule has 2 aliphatic heterocycles. The zero-order chi connectivity index (χ0) is 52.0. The number of amides is 6. The average Bonchev–Trinajstić information content (AvgIpc) is 3.71. The standard InChI is InChI=1S/C53H67FN8O10/c1-7-53(70)36-23-41-46-34(25-62(41)49(66)35(36)27-71-50(53)67)44-38(21-20-33-30(6)37(54)24-40(58-46)43(33)44)60-52(69)72-26-31-16-18-32(19-17-31)57-47(64)39(14-12-22-56-51(55)68)59-48(65)45(29(4)5)61-42(63)15-11-9-8-10-13-28(2)3/h16-19,23-24,28-29,38-39,45,70H,7-15,20-22,25-27H2,1-6H3,(H,57,64)(H,59,65)(H,60,69)(H,61,63)(H3,55,56,68)/t38-,39-,45-,53-/m0/s1. The van der Waals surface area contributed by atoms with E-state index in [4.69, 9.17) is 20.2 Å². The van der Waals surface area contributed by atoms with Crippen LogP contribution >= 0.6 is 0 Å². The fourth-order valence-electron chi connectivity index (χ4n) is 9.97. The van der Waals surface area contributed by atoms with Crippen LogP contribution in [0.25, 0.3) is 22.3 Å². The number of carbonyl (C=O) groups excluding carboxylic acids is 6. The number of nitrogens with two attached hydrogens (primary N) is 1. The molecular weight excluding hydrogens is 928 g/mol. The highest BCUT2D eigenvalue weighted by molar-refractivity contribution is 5.98. The van der Waals surface area contributed by atoms with Crippen molar-refractivity contribution in [3.8, 4) is 11.4 Å². The number of aliphatic hydroxyl groups is 1. The van der Waals surface area contributed by atoms with Gasteiger partial charge in [0.25, 0.3) is 5.56 Å². The van der Waals surface area contributed by atoms with E-state index in [1.165, 1.54) is 10.6 Å². The Morgan fingerprint density at radius 2 is 1.69 bits per heavy atom. The molecule has 4 aromatic rings. The van der Waals surface area contributed by atoms with Crippen molar-refractivity contribution in [1.29, 1.82) is 0 Å². The van der Waals surface area contributed by atoms with Gasteiger partial charge in [-0.25, -0.2) is 23.8 Å². The predicted octanol–water partition coefficient (Wildman–Crippen LogP) is 6.45. The van der Waals surface area contributed by atoms with Gasteiger partial charge in [0.15, 0.2) is 5.60 Å². The number of carbonyl (C=O) groups is 6. The van der Waals surface area contributed by atoms with E-state index in [1.54, 1.807) is 44.2 Å². The lowest BCUT2D eigenvalue weighted by atomic mass is 9.81. The molecule has 0 spiro atoms. The number of hydrogen-bond acceptors (Lipinski definition) is 11. The zero-order valence-corrected chi connectivity index (χ0v) is 41.9. The Morgan fingerprint density at radius 1 is 0.958 bits per heavy atom. The SMILES string of the molecule is CC[C@@]1(O)C(=O)OCc2c1cc1n(c2=O)Cc2c-1nc1cc(F)c(C)c3c1c2[C@@H](NC(=O)OCc1ccc(NC(=O)[C@H](CCCNC(N)=O)NC(=O)[C@@H](NC(=O)CCCCCCC(C)C)C(C)C)cc1)CC3. The Hall–Kier alpha value is -6.89. The molecule has 2 aromatic carbocycles. The first kappa shape index (κ1) is 52.9. The highest BCUT2D eigenvalue weighted by atomic mass is 19.1. The van der Waals surface area contributed by atoms with Gasteiger partial charge in [-0.1, -0.05) is 72.4 Å². The van der Waals surface area contributed by atoms with Crippen molar-refractivity contribution in [2.24, 2.45) is 17.6 Å². The van der Waals surface area contributed by atoms with Crippen LogP contribution in [0.3, 0.4) is 0 Å². The molecule has 0 saturated heterocycles. The lowest BCUT2D eigenvalue weighted by Gasteiger charge is -2.31. The number of nitrogens with zero attached hydrogens (tertiary/aromatic N) is 2. The number of aromatic nitrogens is 2. The summed E-state index contributed by atoms with van der Waals surface area (Å²) in [6, 6.07) is 6.26. The van der Waals surface area contributed by atoms with Gasteiger partial charge in [-0.05, 0) is 97.7 Å². The van der Waals surface area contributed by atoms with Gasteiger partial charge in [-0.15, -0.1) is 0 Å². The zero-order valence-electron chi connectivity index (χ0n) is 41.9. The number of nitrogens with one attached hydrogen (secondary N) is 5. The normalized spacial score (nSPS) is 17.3. The summed E-state index contributed by atoms with van der Waals surface area (Å²) in [6.07, 6.45) is 5.73. The molecule has 3 aliphatic rings. The molecule has 7 rings (SSSR count). The number of benzene rings is 2. The third kappa shape index (κ3) is 11.6. The van der Waals surface area contributed by atoms with E-state index in [9.17, 15) is 38.7 Å². The number of rotatable bonds is 21. The first-order valence-electron chi connectivity index (χ1n) is 25.1. The highest BCUT2D eigenvalue weighted by Gasteiger charge is 2.46. The largest absolute Gasteiger partial charge is 0.458 e. The van der Waals surface area contributed by atoms with Crippen molar-refractivity contribution >= 4 is 52.4 Å². The Bertz CT molecular complexity index is 2810. The van der Waals surface area contributed by atoms with Crippen molar-refractivity contribution in [3.05, 3.63) is 91.5 Å². The lowest BCUT2D eigenvalue weighted by Crippen LogP contribution is -2.54. The number of anilines is 1. The van der Waals surface area contributed by atoms with Gasteiger partial charge in [0.05, 0.1) is 35.1 Å². The Labute approximate surface area is 417 Å². The molecule has 0 unspecified atom stereocenters. The van der Waals surface area contributed by atoms with Gasteiger partial charge in [0.1, 0.15) is 31.1 Å². The van der Waals surface area contributed by atoms with E-state index in [0.29, 0.717) is 88.3 Å². The quantitative estimate of drug-likeness (QED) is 0.0310. The molecule has 4 atom stereocenters. The number of aryl methyl sites for hydroxylation is 1. The van der Waals surface area contributed by atoms with Gasteiger partial charge in [0.2, 0.25) is 17.7 Å². The fraction of sp³-hybridized carbons (Fsp3) is 0.509. The molecule has 0 saturated carbocycles. The number of pyridine rings is 2. The van der Waals surface area contributed by atoms with Crippen LogP contribution in [0.5, 0.6) is 0 Å². The molecule has 18 nitrogen and oxygen atoms in total. The number of cyclic esters (lactones) is 1. The maximum absolute atomic E-state index is 15.4. The molecule has 4 heterocycles. The monoisotopic (exact) mass is 994 g/mol. The summed E-state index contributed by atoms with van der Waals surface area (Å²) >= 11 is 0. The first-order valence-corrected chi connectivity index (χ1v) is 25.1. The summed E-state index contributed by atoms with van der Waals surface area (Å²) in [5.74, 6) is -2.20. The van der Waals surface area contributed by atoms with E-state index in [2.05, 4.69) is 40.4 Å². The molecule has 0 bridgehead atoms. The highest BCUT2D eigenvalue weighted by Crippen LogP contribution is 2.46.